The second-order valence-electron chi connectivity index (χ2n) is 2.81. The van der Waals surface area contributed by atoms with Gasteiger partial charge in [0, 0.05) is 6.42 Å². The number of ether oxygens (including phenoxy) is 1. The minimum Gasteiger partial charge on any atom is -0.515 e. The fourth-order valence-corrected chi connectivity index (χ4v) is 0.816. The molecule has 4 heteroatoms. The van der Waals surface area contributed by atoms with Gasteiger partial charge in [-0.25, -0.2) is 4.79 Å². The topological polar surface area (TPSA) is 63.6 Å². The van der Waals surface area contributed by atoms with E-state index >= 15 is 0 Å². The van der Waals surface area contributed by atoms with Gasteiger partial charge < -0.3 is 9.84 Å². The molecule has 0 aliphatic heterocycles. The Labute approximate surface area is 83.6 Å². The van der Waals surface area contributed by atoms with Gasteiger partial charge in [0.05, 0.1) is 12.9 Å². The van der Waals surface area contributed by atoms with Crippen LogP contribution >= 0.6 is 0 Å². The van der Waals surface area contributed by atoms with E-state index in [-0.39, 0.29) is 18.6 Å². The summed E-state index contributed by atoms with van der Waals surface area (Å²) >= 11 is 0. The summed E-state index contributed by atoms with van der Waals surface area (Å²) in [6, 6.07) is 0. The summed E-state index contributed by atoms with van der Waals surface area (Å²) in [6.45, 7) is 3.86. The zero-order valence-electron chi connectivity index (χ0n) is 8.58. The summed E-state index contributed by atoms with van der Waals surface area (Å²) in [5.41, 5.74) is -0.274. The molecule has 0 fully saturated rings. The Bertz CT molecular complexity index is 230. The van der Waals surface area contributed by atoms with E-state index in [4.69, 9.17) is 9.84 Å². The molecule has 0 radical (unpaired) electrons. The lowest BCUT2D eigenvalue weighted by Crippen LogP contribution is -2.16. The smallest absolute Gasteiger partial charge is 0.344 e. The first-order valence-electron chi connectivity index (χ1n) is 4.72. The van der Waals surface area contributed by atoms with E-state index in [9.17, 15) is 9.59 Å². The van der Waals surface area contributed by atoms with Crippen LogP contribution in [0.25, 0.3) is 0 Å². The van der Waals surface area contributed by atoms with Crippen molar-refractivity contribution in [3.8, 4) is 0 Å². The predicted octanol–water partition coefficient (Wildman–Crippen LogP) is 1.75. The number of aliphatic hydroxyl groups excluding tert-OH is 1. The minimum absolute atomic E-state index is 0.176. The van der Waals surface area contributed by atoms with Crippen molar-refractivity contribution < 1.29 is 19.4 Å². The molecule has 0 saturated carbocycles. The maximum atomic E-state index is 11.2. The number of Topliss-reactive ketones (excluding diaryl/α,β-unsaturated/α-hetero) is 1. The molecule has 0 saturated heterocycles. The molecule has 14 heavy (non-hydrogen) atoms. The van der Waals surface area contributed by atoms with Gasteiger partial charge in [-0.1, -0.05) is 20.3 Å². The van der Waals surface area contributed by atoms with Gasteiger partial charge in [-0.15, -0.1) is 0 Å². The van der Waals surface area contributed by atoms with E-state index < -0.39 is 11.8 Å². The van der Waals surface area contributed by atoms with Crippen molar-refractivity contribution in [3.63, 3.8) is 0 Å². The monoisotopic (exact) mass is 200 g/mol. The van der Waals surface area contributed by atoms with Crippen molar-refractivity contribution in [2.45, 2.75) is 33.1 Å². The first-order valence-corrected chi connectivity index (χ1v) is 4.72. The molecule has 0 rings (SSSR count). The Hall–Kier alpha value is -1.32. The molecule has 0 aromatic heterocycles. The van der Waals surface area contributed by atoms with Crippen LogP contribution in [0.5, 0.6) is 0 Å². The number of hydrogen-bond donors (Lipinski definition) is 1. The zero-order valence-corrected chi connectivity index (χ0v) is 8.58. The molecule has 0 spiro atoms. The van der Waals surface area contributed by atoms with Crippen molar-refractivity contribution in [1.29, 1.82) is 0 Å². The number of aliphatic hydroxyl groups is 1. The van der Waals surface area contributed by atoms with E-state index in [1.54, 1.807) is 6.92 Å². The van der Waals surface area contributed by atoms with Crippen LogP contribution in [-0.2, 0) is 14.3 Å². The molecule has 0 aromatic carbocycles. The standard InChI is InChI=1S/C10H16O4/c1-3-5-6-14-10(13)8(7-11)9(12)4-2/h7,11H,3-6H2,1-2H3. The van der Waals surface area contributed by atoms with E-state index in [0.717, 1.165) is 12.8 Å². The van der Waals surface area contributed by atoms with Gasteiger partial charge in [0.25, 0.3) is 0 Å². The third-order valence-corrected chi connectivity index (χ3v) is 1.70. The molecule has 0 aromatic rings. The lowest BCUT2D eigenvalue weighted by Gasteiger charge is -2.04. The Kier molecular flexibility index (Phi) is 6.45. The molecular formula is C10H16O4. The Balaban J connectivity index is 4.14. The fourth-order valence-electron chi connectivity index (χ4n) is 0.816. The van der Waals surface area contributed by atoms with Gasteiger partial charge in [0.1, 0.15) is 5.57 Å². The number of unbranched alkanes of at least 4 members (excludes halogenated alkanes) is 1. The van der Waals surface area contributed by atoms with Gasteiger partial charge in [-0.3, -0.25) is 4.79 Å². The van der Waals surface area contributed by atoms with Crippen molar-refractivity contribution in [1.82, 2.24) is 0 Å². The fraction of sp³-hybridized carbons (Fsp3) is 0.600. The Morgan fingerprint density at radius 3 is 2.43 bits per heavy atom. The van der Waals surface area contributed by atoms with Crippen molar-refractivity contribution in [3.05, 3.63) is 11.8 Å². The number of esters is 1. The van der Waals surface area contributed by atoms with Crippen LogP contribution in [0.15, 0.2) is 11.8 Å². The highest BCUT2D eigenvalue weighted by atomic mass is 16.5. The summed E-state index contributed by atoms with van der Waals surface area (Å²) in [4.78, 5) is 22.3. The normalized spacial score (nSPS) is 11.1. The van der Waals surface area contributed by atoms with Crippen LogP contribution in [0.4, 0.5) is 0 Å². The third-order valence-electron chi connectivity index (χ3n) is 1.70. The van der Waals surface area contributed by atoms with Gasteiger partial charge >= 0.3 is 5.97 Å². The number of carbonyl (C=O) groups excluding carboxylic acids is 2. The van der Waals surface area contributed by atoms with Gasteiger partial charge in [0.2, 0.25) is 0 Å². The molecule has 0 amide bonds. The number of carbonyl (C=O) groups is 2. The predicted molar refractivity (Wildman–Crippen MR) is 51.9 cm³/mol. The molecule has 80 valence electrons. The van der Waals surface area contributed by atoms with E-state index in [2.05, 4.69) is 0 Å². The molecule has 0 aliphatic carbocycles. The van der Waals surface area contributed by atoms with Crippen LogP contribution in [0.1, 0.15) is 33.1 Å². The summed E-state index contributed by atoms with van der Waals surface area (Å²) < 4.78 is 4.77. The maximum absolute atomic E-state index is 11.2. The van der Waals surface area contributed by atoms with Crippen LogP contribution in [-0.4, -0.2) is 23.5 Å². The molecule has 0 atom stereocenters. The number of ketones is 1. The molecule has 4 nitrogen and oxygen atoms in total. The Morgan fingerprint density at radius 1 is 1.36 bits per heavy atom. The lowest BCUT2D eigenvalue weighted by molar-refractivity contribution is -0.140. The van der Waals surface area contributed by atoms with Crippen LogP contribution in [0.2, 0.25) is 0 Å². The van der Waals surface area contributed by atoms with E-state index in [0.29, 0.717) is 6.26 Å². The second-order valence-corrected chi connectivity index (χ2v) is 2.81. The minimum atomic E-state index is -0.743. The summed E-state index contributed by atoms with van der Waals surface area (Å²) in [7, 11) is 0. The molecule has 1 N–H and O–H groups in total. The quantitative estimate of drug-likeness (QED) is 0.177. The average molecular weight is 200 g/mol. The Morgan fingerprint density at radius 2 is 2.00 bits per heavy atom. The maximum Gasteiger partial charge on any atom is 0.344 e. The van der Waals surface area contributed by atoms with Gasteiger partial charge in [0.15, 0.2) is 5.78 Å². The average Bonchev–Trinajstić information content (AvgIpc) is 2.19. The molecule has 0 unspecified atom stereocenters. The zero-order chi connectivity index (χ0) is 11.0. The highest BCUT2D eigenvalue weighted by Crippen LogP contribution is 2.03. The lowest BCUT2D eigenvalue weighted by atomic mass is 10.1. The van der Waals surface area contributed by atoms with Crippen LogP contribution < -0.4 is 0 Å². The van der Waals surface area contributed by atoms with E-state index in [1.807, 2.05) is 6.92 Å². The van der Waals surface area contributed by atoms with Crippen molar-refractivity contribution in [2.75, 3.05) is 6.61 Å². The second kappa shape index (κ2) is 7.12. The van der Waals surface area contributed by atoms with E-state index in [1.165, 1.54) is 0 Å². The van der Waals surface area contributed by atoms with Gasteiger partial charge in [-0.2, -0.15) is 0 Å². The molecule has 0 bridgehead atoms. The largest absolute Gasteiger partial charge is 0.515 e. The molecule has 0 aliphatic rings. The van der Waals surface area contributed by atoms with Crippen LogP contribution in [0, 0.1) is 0 Å². The summed E-state index contributed by atoms with van der Waals surface area (Å²) in [6.07, 6.45) is 2.35. The summed E-state index contributed by atoms with van der Waals surface area (Å²) in [5.74, 6) is -1.15. The first kappa shape index (κ1) is 12.7. The highest BCUT2D eigenvalue weighted by Gasteiger charge is 2.17. The summed E-state index contributed by atoms with van der Waals surface area (Å²) in [5, 5.41) is 8.67. The first-order chi connectivity index (χ1) is 6.67. The van der Waals surface area contributed by atoms with Crippen molar-refractivity contribution >= 4 is 11.8 Å². The van der Waals surface area contributed by atoms with Gasteiger partial charge in [-0.05, 0) is 6.42 Å². The molecule has 0 heterocycles. The van der Waals surface area contributed by atoms with Crippen LogP contribution in [0.3, 0.4) is 0 Å². The number of rotatable bonds is 6. The van der Waals surface area contributed by atoms with Crippen molar-refractivity contribution in [2.24, 2.45) is 0 Å². The SMILES string of the molecule is CCCCOC(=O)C(=CO)C(=O)CC. The third kappa shape index (κ3) is 4.07. The number of hydrogen-bond acceptors (Lipinski definition) is 4. The molecular weight excluding hydrogens is 184 g/mol. The highest BCUT2D eigenvalue weighted by molar-refractivity contribution is 6.16.